The number of hydrogen-bond donors (Lipinski definition) is 0. The van der Waals surface area contributed by atoms with E-state index in [1.54, 1.807) is 7.11 Å². The molecule has 2 aliphatic heterocycles. The summed E-state index contributed by atoms with van der Waals surface area (Å²) >= 11 is 1.90. The van der Waals surface area contributed by atoms with E-state index in [0.717, 1.165) is 25.0 Å². The molecule has 0 radical (unpaired) electrons. The zero-order valence-electron chi connectivity index (χ0n) is 35.3. The van der Waals surface area contributed by atoms with Crippen LogP contribution in [0.25, 0.3) is 0 Å². The van der Waals surface area contributed by atoms with Gasteiger partial charge in [0.25, 0.3) is 8.32 Å². The summed E-state index contributed by atoms with van der Waals surface area (Å²) in [5.74, 6) is 0.964. The molecule has 0 saturated carbocycles. The number of benzene rings is 2. The molecule has 0 amide bonds. The summed E-state index contributed by atoms with van der Waals surface area (Å²) in [6.45, 7) is 26.2. The Morgan fingerprint density at radius 2 is 1.46 bits per heavy atom. The number of thioether (sulfide) groups is 1. The van der Waals surface area contributed by atoms with Crippen LogP contribution in [0.4, 0.5) is 0 Å². The minimum Gasteiger partial charge on any atom is -0.465 e. The fourth-order valence-electron chi connectivity index (χ4n) is 7.32. The number of ether oxygens (including phenoxy) is 5. The Labute approximate surface area is 333 Å². The van der Waals surface area contributed by atoms with Gasteiger partial charge in [-0.05, 0) is 78.8 Å². The zero-order valence-corrected chi connectivity index (χ0v) is 38.1. The van der Waals surface area contributed by atoms with E-state index in [4.69, 9.17) is 32.5 Å². The molecule has 2 aromatic carbocycles. The first-order chi connectivity index (χ1) is 25.3. The van der Waals surface area contributed by atoms with E-state index >= 15 is 0 Å². The second-order valence-corrected chi connectivity index (χ2v) is 28.9. The standard InChI is InChI=1S/C43H70O8SSi2/c1-41(2,3)40(44)47-24-23-38-39(48-31-46-26-25-45-10)32(30-52-38)27-36-37(51-53(11,12)42(4,5)6)28-33(50-36)29-49-54(43(7,8)9,34-19-15-13-16-20-34)35-21-17-14-18-22-35/h13-22,32-33,36-39H,23-31H2,1-12H3/t32-,33-,36+,37+,38+,39-/m0/s1. The van der Waals surface area contributed by atoms with Crippen molar-refractivity contribution < 1.29 is 37.3 Å². The Kier molecular flexibility index (Phi) is 16.1. The Bertz CT molecular complexity index is 1380. The quantitative estimate of drug-likeness (QED) is 0.0642. The second-order valence-electron chi connectivity index (χ2n) is 18.6. The van der Waals surface area contributed by atoms with Crippen LogP contribution in [0, 0.1) is 11.3 Å². The first-order valence-corrected chi connectivity index (χ1v) is 25.7. The van der Waals surface area contributed by atoms with Gasteiger partial charge in [0.2, 0.25) is 0 Å². The third kappa shape index (κ3) is 11.5. The van der Waals surface area contributed by atoms with Gasteiger partial charge in [-0.15, -0.1) is 0 Å². The van der Waals surface area contributed by atoms with Crippen molar-refractivity contribution >= 4 is 44.7 Å². The average molecular weight is 803 g/mol. The second kappa shape index (κ2) is 19.3. The van der Waals surface area contributed by atoms with Crippen LogP contribution in [0.1, 0.15) is 81.6 Å². The van der Waals surface area contributed by atoms with Crippen LogP contribution in [0.5, 0.6) is 0 Å². The Balaban J connectivity index is 1.57. The van der Waals surface area contributed by atoms with Gasteiger partial charge in [-0.3, -0.25) is 4.79 Å². The van der Waals surface area contributed by atoms with Crippen LogP contribution in [-0.2, 0) is 37.3 Å². The highest BCUT2D eigenvalue weighted by atomic mass is 32.2. The maximum Gasteiger partial charge on any atom is 0.311 e. The van der Waals surface area contributed by atoms with Gasteiger partial charge >= 0.3 is 5.97 Å². The van der Waals surface area contributed by atoms with Gasteiger partial charge in [0, 0.05) is 18.8 Å². The van der Waals surface area contributed by atoms with Crippen molar-refractivity contribution in [1.29, 1.82) is 0 Å². The van der Waals surface area contributed by atoms with E-state index in [0.29, 0.717) is 26.4 Å². The van der Waals surface area contributed by atoms with Crippen molar-refractivity contribution in [3.8, 4) is 0 Å². The third-order valence-electron chi connectivity index (χ3n) is 11.3. The van der Waals surface area contributed by atoms with Crippen molar-refractivity contribution in [2.45, 2.75) is 134 Å². The zero-order chi connectivity index (χ0) is 39.8. The monoisotopic (exact) mass is 802 g/mol. The lowest BCUT2D eigenvalue weighted by Crippen LogP contribution is -2.67. The van der Waals surface area contributed by atoms with E-state index in [9.17, 15) is 4.79 Å². The SMILES string of the molecule is COCCOCO[C@H]1[C@@H](C[C@H]2O[C@H](CO[Si](c3ccccc3)(c3ccccc3)C(C)(C)C)C[C@H]2O[Si](C)(C)C(C)(C)C)CS[C@@H]1CCOC(=O)C(C)(C)C. The Hall–Kier alpha value is -1.55. The molecular weight excluding hydrogens is 733 g/mol. The minimum absolute atomic E-state index is 0.0472. The van der Waals surface area contributed by atoms with E-state index in [1.165, 1.54) is 10.4 Å². The lowest BCUT2D eigenvalue weighted by molar-refractivity contribution is -0.153. The molecule has 304 valence electrons. The van der Waals surface area contributed by atoms with Crippen molar-refractivity contribution in [2.24, 2.45) is 11.3 Å². The van der Waals surface area contributed by atoms with Gasteiger partial charge < -0.3 is 32.5 Å². The largest absolute Gasteiger partial charge is 0.465 e. The molecule has 2 aromatic rings. The number of esters is 1. The van der Waals surface area contributed by atoms with Crippen LogP contribution in [0.3, 0.4) is 0 Å². The van der Waals surface area contributed by atoms with Gasteiger partial charge in [-0.25, -0.2) is 0 Å². The molecule has 0 spiro atoms. The first kappa shape index (κ1) is 45.2. The summed E-state index contributed by atoms with van der Waals surface area (Å²) in [6.07, 6.45) is 1.98. The maximum atomic E-state index is 12.5. The molecule has 2 fully saturated rings. The number of hydrogen-bond acceptors (Lipinski definition) is 9. The number of carbonyl (C=O) groups excluding carboxylic acids is 1. The predicted octanol–water partition coefficient (Wildman–Crippen LogP) is 8.22. The normalized spacial score (nSPS) is 24.2. The predicted molar refractivity (Wildman–Crippen MR) is 226 cm³/mol. The van der Waals surface area contributed by atoms with E-state index < -0.39 is 22.0 Å². The molecule has 6 atom stereocenters. The van der Waals surface area contributed by atoms with E-state index in [-0.39, 0.29) is 58.4 Å². The topological polar surface area (TPSA) is 81.7 Å². The summed E-state index contributed by atoms with van der Waals surface area (Å²) in [6, 6.07) is 21.6. The van der Waals surface area contributed by atoms with Crippen LogP contribution in [-0.4, -0.2) is 98.4 Å². The lowest BCUT2D eigenvalue weighted by Gasteiger charge is -2.43. The molecule has 0 unspecified atom stereocenters. The van der Waals surface area contributed by atoms with Gasteiger partial charge in [0.05, 0.1) is 56.3 Å². The van der Waals surface area contributed by atoms with Gasteiger partial charge in [0.15, 0.2) is 8.32 Å². The van der Waals surface area contributed by atoms with E-state index in [1.807, 2.05) is 32.5 Å². The molecule has 2 heterocycles. The maximum absolute atomic E-state index is 12.5. The molecule has 8 nitrogen and oxygen atoms in total. The number of carbonyl (C=O) groups is 1. The average Bonchev–Trinajstić information content (AvgIpc) is 3.66. The van der Waals surface area contributed by atoms with Gasteiger partial charge in [-0.1, -0.05) is 102 Å². The number of rotatable bonds is 18. The Morgan fingerprint density at radius 1 is 0.852 bits per heavy atom. The van der Waals surface area contributed by atoms with E-state index in [2.05, 4.69) is 115 Å². The van der Waals surface area contributed by atoms with Gasteiger partial charge in [0.1, 0.15) is 6.79 Å². The molecule has 0 aliphatic carbocycles. The van der Waals surface area contributed by atoms with Crippen molar-refractivity contribution in [3.05, 3.63) is 60.7 Å². The summed E-state index contributed by atoms with van der Waals surface area (Å²) in [5.41, 5.74) is -0.535. The highest BCUT2D eigenvalue weighted by Crippen LogP contribution is 2.44. The molecule has 11 heteroatoms. The smallest absolute Gasteiger partial charge is 0.311 e. The molecule has 2 aliphatic rings. The van der Waals surface area contributed by atoms with Crippen LogP contribution < -0.4 is 10.4 Å². The Morgan fingerprint density at radius 3 is 2.00 bits per heavy atom. The summed E-state index contributed by atoms with van der Waals surface area (Å²) < 4.78 is 44.9. The van der Waals surface area contributed by atoms with Crippen LogP contribution >= 0.6 is 11.8 Å². The van der Waals surface area contributed by atoms with Crippen LogP contribution in [0.15, 0.2) is 60.7 Å². The molecule has 4 rings (SSSR count). The van der Waals surface area contributed by atoms with Crippen molar-refractivity contribution in [2.75, 3.05) is 46.1 Å². The van der Waals surface area contributed by atoms with Gasteiger partial charge in [-0.2, -0.15) is 11.8 Å². The summed E-state index contributed by atoms with van der Waals surface area (Å²) in [7, 11) is -3.21. The van der Waals surface area contributed by atoms with Crippen molar-refractivity contribution in [1.82, 2.24) is 0 Å². The molecule has 0 N–H and O–H groups in total. The summed E-state index contributed by atoms with van der Waals surface area (Å²) in [4.78, 5) is 12.5. The third-order valence-corrected chi connectivity index (χ3v) is 22.4. The fourth-order valence-corrected chi connectivity index (χ4v) is 14.8. The molecular formula is C43H70O8SSi2. The fraction of sp³-hybridized carbons (Fsp3) is 0.698. The lowest BCUT2D eigenvalue weighted by atomic mass is 9.92. The highest BCUT2D eigenvalue weighted by Gasteiger charge is 2.52. The molecule has 0 bridgehead atoms. The highest BCUT2D eigenvalue weighted by molar-refractivity contribution is 8.00. The summed E-state index contributed by atoms with van der Waals surface area (Å²) in [5, 5.41) is 2.64. The molecule has 2 saturated heterocycles. The molecule has 54 heavy (non-hydrogen) atoms. The minimum atomic E-state index is -2.75. The first-order valence-electron chi connectivity index (χ1n) is 19.9. The number of methoxy groups -OCH3 is 1. The molecule has 0 aromatic heterocycles. The van der Waals surface area contributed by atoms with Crippen LogP contribution in [0.2, 0.25) is 23.2 Å². The van der Waals surface area contributed by atoms with Crippen molar-refractivity contribution in [3.63, 3.8) is 0 Å².